The van der Waals surface area contributed by atoms with Crippen LogP contribution in [-0.4, -0.2) is 0 Å². The van der Waals surface area contributed by atoms with Gasteiger partial charge in [0.15, 0.2) is 0 Å². The molecule has 0 rings (SSSR count). The average molecular weight is 140 g/mol. The summed E-state index contributed by atoms with van der Waals surface area (Å²) in [6.07, 6.45) is 0. The van der Waals surface area contributed by atoms with Crippen LogP contribution in [0.25, 0.3) is 0 Å². The van der Waals surface area contributed by atoms with E-state index < -0.39 is 0 Å². The van der Waals surface area contributed by atoms with Gasteiger partial charge in [-0.15, -0.1) is 0 Å². The van der Waals surface area contributed by atoms with Crippen molar-refractivity contribution in [3.05, 3.63) is 39.5 Å². The summed E-state index contributed by atoms with van der Waals surface area (Å²) in [6.45, 7) is 21.0. The van der Waals surface area contributed by atoms with E-state index in [2.05, 4.69) is 39.5 Å². The van der Waals surface area contributed by atoms with Gasteiger partial charge in [-0.3, -0.25) is 19.7 Å². The molecule has 0 fully saturated rings. The Bertz CT molecular complexity index is 8.90. The van der Waals surface area contributed by atoms with Gasteiger partial charge in [0.05, 0.1) is 0 Å². The second-order valence-corrected chi connectivity index (χ2v) is 0. The molecule has 0 saturated carbocycles. The molecule has 1 heteroatoms. The predicted molar refractivity (Wildman–Crippen MR) is 29.8 cm³/mol. The second-order valence-electron chi connectivity index (χ2n) is 0. The van der Waals surface area contributed by atoms with Gasteiger partial charge in [-0.2, -0.15) is 0 Å². The maximum absolute atomic E-state index is 4.25. The first-order valence-electron chi connectivity index (χ1n) is 1.22. The van der Waals surface area contributed by atoms with Crippen LogP contribution in [0.2, 0.25) is 0 Å². The molecule has 0 unspecified atom stereocenters. The van der Waals surface area contributed by atoms with Crippen LogP contribution < -0.4 is 0 Å². The molecular formula is C6H9Co. The zero-order valence-electron chi connectivity index (χ0n) is 4.19. The van der Waals surface area contributed by atoms with Gasteiger partial charge in [-0.25, -0.2) is 0 Å². The molecule has 0 atom stereocenters. The minimum atomic E-state index is 0. The van der Waals surface area contributed by atoms with Gasteiger partial charge in [0, 0.05) is 0 Å². The van der Waals surface area contributed by atoms with E-state index in [0.717, 1.165) is 0 Å². The number of rotatable bonds is 0. The van der Waals surface area contributed by atoms with Gasteiger partial charge in [0.2, 0.25) is 0 Å². The molecule has 0 aromatic rings. The summed E-state index contributed by atoms with van der Waals surface area (Å²) < 4.78 is 0. The van der Waals surface area contributed by atoms with Crippen LogP contribution in [-0.2, 0) is 16.8 Å². The van der Waals surface area contributed by atoms with Crippen molar-refractivity contribution in [3.63, 3.8) is 0 Å². The molecule has 0 nitrogen and oxygen atoms in total. The van der Waals surface area contributed by atoms with Gasteiger partial charge >= 0.3 is 16.8 Å². The van der Waals surface area contributed by atoms with E-state index in [9.17, 15) is 0 Å². The van der Waals surface area contributed by atoms with Crippen LogP contribution in [0.4, 0.5) is 0 Å². The van der Waals surface area contributed by atoms with E-state index in [1.165, 1.54) is 0 Å². The second kappa shape index (κ2) is 1710. The van der Waals surface area contributed by atoms with Gasteiger partial charge in [0.1, 0.15) is 0 Å². The fraction of sp³-hybridized carbons (Fsp3) is 0. The van der Waals surface area contributed by atoms with E-state index in [1.54, 1.807) is 0 Å². The Kier molecular flexibility index (Phi) is 7250. The van der Waals surface area contributed by atoms with E-state index in [0.29, 0.717) is 0 Å². The van der Waals surface area contributed by atoms with E-state index >= 15 is 0 Å². The molecule has 0 aromatic heterocycles. The summed E-state index contributed by atoms with van der Waals surface area (Å²) in [5.74, 6) is 0. The SMILES string of the molecule is [CH-]=C.[CH-]=C.[CH-]=C.[Co+3]. The minimum absolute atomic E-state index is 0. The summed E-state index contributed by atoms with van der Waals surface area (Å²) >= 11 is 0. The van der Waals surface area contributed by atoms with Gasteiger partial charge in [-0.1, -0.05) is 0 Å². The van der Waals surface area contributed by atoms with Crippen molar-refractivity contribution in [1.82, 2.24) is 0 Å². The van der Waals surface area contributed by atoms with E-state index in [-0.39, 0.29) is 16.8 Å². The van der Waals surface area contributed by atoms with Crippen molar-refractivity contribution < 1.29 is 16.8 Å². The average Bonchev–Trinajstić information content (AvgIpc) is 1.81. The summed E-state index contributed by atoms with van der Waals surface area (Å²) in [4.78, 5) is 0. The normalized spacial score (nSPS) is 1.71. The topological polar surface area (TPSA) is 0 Å². The maximum atomic E-state index is 4.25. The molecule has 0 N–H and O–H groups in total. The standard InChI is InChI=1S/3C2H3.Co/c3*1-2;/h3*1H,2H2;/q3*-1;+3. The van der Waals surface area contributed by atoms with E-state index in [1.807, 2.05) is 0 Å². The van der Waals surface area contributed by atoms with Gasteiger partial charge < -0.3 is 19.7 Å². The summed E-state index contributed by atoms with van der Waals surface area (Å²) in [7, 11) is 0. The minimum Gasteiger partial charge on any atom is -0.521 e. The zero-order chi connectivity index (χ0) is 6.00. The van der Waals surface area contributed by atoms with Crippen LogP contribution >= 0.6 is 0 Å². The van der Waals surface area contributed by atoms with Crippen LogP contribution in [0.3, 0.4) is 0 Å². The first-order chi connectivity index (χ1) is 3.00. The van der Waals surface area contributed by atoms with Crippen molar-refractivity contribution >= 4 is 0 Å². The van der Waals surface area contributed by atoms with Gasteiger partial charge in [-0.05, 0) is 0 Å². The van der Waals surface area contributed by atoms with Gasteiger partial charge in [0.25, 0.3) is 0 Å². The molecule has 7 heavy (non-hydrogen) atoms. The fourth-order valence-electron chi connectivity index (χ4n) is 0. The molecule has 0 aliphatic rings. The third-order valence-electron chi connectivity index (χ3n) is 0. The Balaban J connectivity index is -0.00000000900. The Hall–Kier alpha value is -0.274. The molecule has 0 saturated heterocycles. The molecule has 42 valence electrons. The van der Waals surface area contributed by atoms with Crippen LogP contribution in [0.15, 0.2) is 19.7 Å². The van der Waals surface area contributed by atoms with Crippen molar-refractivity contribution in [2.45, 2.75) is 0 Å². The van der Waals surface area contributed by atoms with Crippen molar-refractivity contribution in [3.8, 4) is 0 Å². The Morgan fingerprint density at radius 1 is 0.571 bits per heavy atom. The zero-order valence-corrected chi connectivity index (χ0v) is 5.23. The third-order valence-corrected chi connectivity index (χ3v) is 0. The Morgan fingerprint density at radius 3 is 0.571 bits per heavy atom. The molecule has 0 radical (unpaired) electrons. The molecule has 0 aromatic carbocycles. The Morgan fingerprint density at radius 2 is 0.571 bits per heavy atom. The summed E-state index contributed by atoms with van der Waals surface area (Å²) in [5, 5.41) is 0. The summed E-state index contributed by atoms with van der Waals surface area (Å²) in [5.41, 5.74) is 0. The first-order valence-corrected chi connectivity index (χ1v) is 1.22. The monoisotopic (exact) mass is 140 g/mol. The molecule has 0 aliphatic heterocycles. The maximum Gasteiger partial charge on any atom is 3.00 e. The van der Waals surface area contributed by atoms with Crippen LogP contribution in [0.5, 0.6) is 0 Å². The third kappa shape index (κ3) is 1060. The molecule has 0 amide bonds. The molecule has 0 spiro atoms. The quantitative estimate of drug-likeness (QED) is 0.450. The van der Waals surface area contributed by atoms with Crippen molar-refractivity contribution in [2.75, 3.05) is 0 Å². The first kappa shape index (κ1) is 29.7. The van der Waals surface area contributed by atoms with Crippen LogP contribution in [0.1, 0.15) is 0 Å². The fourth-order valence-corrected chi connectivity index (χ4v) is 0. The molecular weight excluding hydrogens is 131 g/mol. The number of hydrogen-bond acceptors (Lipinski definition) is 0. The van der Waals surface area contributed by atoms with Crippen molar-refractivity contribution in [2.24, 2.45) is 0 Å². The molecule has 0 bridgehead atoms. The van der Waals surface area contributed by atoms with E-state index in [4.69, 9.17) is 0 Å². The molecule has 0 heterocycles. The molecule has 0 aliphatic carbocycles. The van der Waals surface area contributed by atoms with Crippen LogP contribution in [0, 0.1) is 19.7 Å². The predicted octanol–water partition coefficient (Wildman–Crippen LogP) is 1.81. The van der Waals surface area contributed by atoms with Crippen molar-refractivity contribution in [1.29, 1.82) is 0 Å². The smallest absolute Gasteiger partial charge is 0.521 e. The number of hydrogen-bond donors (Lipinski definition) is 0. The largest absolute Gasteiger partial charge is 3.00 e. The summed E-state index contributed by atoms with van der Waals surface area (Å²) in [6, 6.07) is 0. The Labute approximate surface area is 56.8 Å².